The van der Waals surface area contributed by atoms with Crippen molar-refractivity contribution in [2.75, 3.05) is 14.2 Å². The van der Waals surface area contributed by atoms with E-state index < -0.39 is 0 Å². The van der Waals surface area contributed by atoms with Crippen molar-refractivity contribution in [2.45, 2.75) is 0 Å². The Labute approximate surface area is 189 Å². The highest BCUT2D eigenvalue weighted by atomic mass is 16.5. The Morgan fingerprint density at radius 3 is 2.09 bits per heavy atom. The number of hydrogen-bond donors (Lipinski definition) is 2. The predicted molar refractivity (Wildman–Crippen MR) is 128 cm³/mol. The summed E-state index contributed by atoms with van der Waals surface area (Å²) in [5.41, 5.74) is 3.73. The zero-order valence-electron chi connectivity index (χ0n) is 18.1. The van der Waals surface area contributed by atoms with Crippen LogP contribution in [0.15, 0.2) is 88.3 Å². The van der Waals surface area contributed by atoms with E-state index in [0.717, 1.165) is 16.7 Å². The van der Waals surface area contributed by atoms with E-state index in [1.54, 1.807) is 6.07 Å². The van der Waals surface area contributed by atoms with Crippen LogP contribution in [0.4, 0.5) is 0 Å². The average molecular weight is 439 g/mol. The van der Waals surface area contributed by atoms with Crippen LogP contribution in [0.3, 0.4) is 0 Å². The van der Waals surface area contributed by atoms with Crippen molar-refractivity contribution in [3.05, 3.63) is 89.4 Å². The van der Waals surface area contributed by atoms with Crippen LogP contribution in [-0.4, -0.2) is 24.3 Å². The predicted octanol–water partition coefficient (Wildman–Crippen LogP) is 5.84. The molecule has 0 saturated carbocycles. The van der Waals surface area contributed by atoms with Crippen LogP contribution in [0.2, 0.25) is 0 Å². The summed E-state index contributed by atoms with van der Waals surface area (Å²) in [5.74, 6) is 0.359. The zero-order valence-corrected chi connectivity index (χ0v) is 18.1. The fourth-order valence-corrected chi connectivity index (χ4v) is 4.21. The van der Waals surface area contributed by atoms with E-state index in [1.165, 1.54) is 20.5 Å². The van der Waals surface area contributed by atoms with Crippen LogP contribution in [0.1, 0.15) is 0 Å². The van der Waals surface area contributed by atoms with E-state index >= 15 is 0 Å². The number of fused-ring (bicyclic) bond motifs is 1. The fraction of sp³-hybridized carbons (Fsp3) is 0.0741. The first-order chi connectivity index (χ1) is 16.1. The summed E-state index contributed by atoms with van der Waals surface area (Å²) in [6, 6.07) is 22.7. The highest BCUT2D eigenvalue weighted by Gasteiger charge is 2.26. The molecule has 0 amide bonds. The number of pyridine rings is 1. The molecule has 0 fully saturated rings. The van der Waals surface area contributed by atoms with Crippen LogP contribution >= 0.6 is 0 Å². The van der Waals surface area contributed by atoms with Gasteiger partial charge in [0, 0.05) is 0 Å². The number of aromatic amines is 1. The molecule has 6 nitrogen and oxygen atoms in total. The topological polar surface area (TPSA) is 84.7 Å². The third-order valence-corrected chi connectivity index (χ3v) is 5.65. The van der Waals surface area contributed by atoms with Crippen LogP contribution in [-0.2, 0) is 0 Å². The molecule has 0 bridgehead atoms. The van der Waals surface area contributed by atoms with Crippen LogP contribution in [0, 0.1) is 0 Å². The number of ether oxygens (including phenoxy) is 2. The van der Waals surface area contributed by atoms with E-state index in [2.05, 4.69) is 4.98 Å². The molecule has 0 radical (unpaired) electrons. The molecule has 6 heteroatoms. The maximum atomic E-state index is 13.5. The lowest BCUT2D eigenvalue weighted by molar-refractivity contribution is 0.367. The van der Waals surface area contributed by atoms with Gasteiger partial charge in [0.2, 0.25) is 5.75 Å². The van der Waals surface area contributed by atoms with Crippen molar-refractivity contribution in [3.63, 3.8) is 0 Å². The van der Waals surface area contributed by atoms with Gasteiger partial charge in [-0.05, 0) is 28.8 Å². The number of furan rings is 1. The minimum absolute atomic E-state index is 0.167. The summed E-state index contributed by atoms with van der Waals surface area (Å²) in [7, 11) is 2.95. The lowest BCUT2D eigenvalue weighted by atomic mass is 9.93. The number of phenolic OH excluding ortho intramolecular Hbond substituents is 1. The lowest BCUT2D eigenvalue weighted by Gasteiger charge is -2.17. The Morgan fingerprint density at radius 2 is 1.45 bits per heavy atom. The first kappa shape index (κ1) is 20.5. The Bertz CT molecular complexity index is 1500. The molecule has 2 heterocycles. The smallest absolute Gasteiger partial charge is 0.256 e. The van der Waals surface area contributed by atoms with Crippen molar-refractivity contribution >= 4 is 11.0 Å². The molecule has 0 unspecified atom stereocenters. The number of H-pyrrole nitrogens is 1. The zero-order chi connectivity index (χ0) is 22.9. The normalized spacial score (nSPS) is 11.0. The van der Waals surface area contributed by atoms with Crippen molar-refractivity contribution in [1.82, 2.24) is 4.98 Å². The van der Waals surface area contributed by atoms with Crippen molar-refractivity contribution in [3.8, 4) is 50.8 Å². The molecule has 164 valence electrons. The number of methoxy groups -OCH3 is 2. The number of phenols is 1. The van der Waals surface area contributed by atoms with E-state index in [9.17, 15) is 9.90 Å². The number of benzene rings is 3. The fourth-order valence-electron chi connectivity index (χ4n) is 4.21. The molecule has 3 aromatic carbocycles. The first-order valence-corrected chi connectivity index (χ1v) is 10.4. The molecule has 0 aliphatic rings. The van der Waals surface area contributed by atoms with Crippen LogP contribution < -0.4 is 15.0 Å². The van der Waals surface area contributed by atoms with Gasteiger partial charge >= 0.3 is 0 Å². The van der Waals surface area contributed by atoms with Gasteiger partial charge in [0.25, 0.3) is 5.56 Å². The molecule has 0 aliphatic heterocycles. The molecule has 5 aromatic rings. The van der Waals surface area contributed by atoms with Gasteiger partial charge in [0.05, 0.1) is 42.7 Å². The maximum Gasteiger partial charge on any atom is 0.256 e. The van der Waals surface area contributed by atoms with Crippen molar-refractivity contribution in [2.24, 2.45) is 0 Å². The number of hydrogen-bond acceptors (Lipinski definition) is 5. The third-order valence-electron chi connectivity index (χ3n) is 5.65. The summed E-state index contributed by atoms with van der Waals surface area (Å²) >= 11 is 0. The van der Waals surface area contributed by atoms with E-state index in [0.29, 0.717) is 33.5 Å². The van der Waals surface area contributed by atoms with Crippen molar-refractivity contribution in [1.29, 1.82) is 0 Å². The number of rotatable bonds is 5. The van der Waals surface area contributed by atoms with Crippen LogP contribution in [0.5, 0.6) is 17.2 Å². The van der Waals surface area contributed by atoms with Gasteiger partial charge in [-0.15, -0.1) is 0 Å². The molecule has 0 aliphatic carbocycles. The third kappa shape index (κ3) is 3.32. The summed E-state index contributed by atoms with van der Waals surface area (Å²) in [5, 5.41) is 11.7. The summed E-state index contributed by atoms with van der Waals surface area (Å²) in [6.07, 6.45) is 1.50. The van der Waals surface area contributed by atoms with E-state index in [-0.39, 0.29) is 17.1 Å². The first-order valence-electron chi connectivity index (χ1n) is 10.4. The second-order valence-electron chi connectivity index (χ2n) is 7.49. The van der Waals surface area contributed by atoms with E-state index in [4.69, 9.17) is 13.9 Å². The minimum atomic E-state index is -0.287. The molecular formula is C27H21NO5. The minimum Gasteiger partial charge on any atom is -0.504 e. The molecule has 0 saturated heterocycles. The van der Waals surface area contributed by atoms with Crippen molar-refractivity contribution < 1.29 is 19.0 Å². The molecule has 2 aromatic heterocycles. The number of aromatic nitrogens is 1. The Kier molecular flexibility index (Phi) is 5.11. The highest BCUT2D eigenvalue weighted by Crippen LogP contribution is 2.50. The Morgan fingerprint density at radius 1 is 0.818 bits per heavy atom. The summed E-state index contributed by atoms with van der Waals surface area (Å²) < 4.78 is 16.6. The molecule has 33 heavy (non-hydrogen) atoms. The summed E-state index contributed by atoms with van der Waals surface area (Å²) in [6.45, 7) is 0. The van der Waals surface area contributed by atoms with Gasteiger partial charge in [-0.25, -0.2) is 0 Å². The summed E-state index contributed by atoms with van der Waals surface area (Å²) in [4.78, 5) is 16.4. The Hall–Kier alpha value is -4.45. The quantitative estimate of drug-likeness (QED) is 0.359. The molecule has 0 spiro atoms. The Balaban J connectivity index is 1.87. The van der Waals surface area contributed by atoms with Gasteiger partial charge in [0.1, 0.15) is 5.75 Å². The SMILES string of the molecule is COc1c(-c2cc(-c3ccccc3)c(-c3ccccc3)c(=O)[nH]2)c(O)c(OC)c2occc12. The largest absolute Gasteiger partial charge is 0.504 e. The van der Waals surface area contributed by atoms with Gasteiger partial charge in [0.15, 0.2) is 11.3 Å². The van der Waals surface area contributed by atoms with Gasteiger partial charge in [-0.1, -0.05) is 60.7 Å². The second-order valence-corrected chi connectivity index (χ2v) is 7.49. The highest BCUT2D eigenvalue weighted by molar-refractivity contribution is 6.00. The molecule has 5 rings (SSSR count). The number of nitrogens with one attached hydrogen (secondary N) is 1. The van der Waals surface area contributed by atoms with Gasteiger partial charge < -0.3 is 24.0 Å². The van der Waals surface area contributed by atoms with Gasteiger partial charge in [-0.2, -0.15) is 0 Å². The maximum absolute atomic E-state index is 13.5. The number of aromatic hydroxyl groups is 1. The van der Waals surface area contributed by atoms with Crippen LogP contribution in [0.25, 0.3) is 44.5 Å². The second kappa shape index (κ2) is 8.24. The molecular weight excluding hydrogens is 418 g/mol. The monoisotopic (exact) mass is 439 g/mol. The van der Waals surface area contributed by atoms with E-state index in [1.807, 2.05) is 66.7 Å². The van der Waals surface area contributed by atoms with Gasteiger partial charge in [-0.3, -0.25) is 4.79 Å². The lowest BCUT2D eigenvalue weighted by Crippen LogP contribution is -2.12. The standard InChI is InChI=1S/C27H21NO5/c1-31-24-18-13-14-33-25(18)26(32-2)23(29)22(24)20-15-19(16-9-5-3-6-10-16)21(27(30)28-20)17-11-7-4-8-12-17/h3-15,29H,1-2H3,(H,28,30). The molecule has 0 atom stereocenters. The average Bonchev–Trinajstić information content (AvgIpc) is 3.33. The molecule has 2 N–H and O–H groups in total.